The number of benzene rings is 1. The van der Waals surface area contributed by atoms with Gasteiger partial charge >= 0.3 is 0 Å². The van der Waals surface area contributed by atoms with Crippen molar-refractivity contribution in [2.45, 2.75) is 20.3 Å². The molecule has 106 valence electrons. The van der Waals surface area contributed by atoms with Gasteiger partial charge in [-0.3, -0.25) is 4.79 Å². The van der Waals surface area contributed by atoms with Crippen LogP contribution in [0.25, 0.3) is 0 Å². The first-order valence-electron chi connectivity index (χ1n) is 6.57. The highest BCUT2D eigenvalue weighted by Crippen LogP contribution is 2.27. The summed E-state index contributed by atoms with van der Waals surface area (Å²) >= 11 is 0. The minimum atomic E-state index is -0.119. The molecule has 0 saturated carbocycles. The summed E-state index contributed by atoms with van der Waals surface area (Å²) in [5.74, 6) is 0.323. The molecule has 5 nitrogen and oxygen atoms in total. The van der Waals surface area contributed by atoms with Crippen LogP contribution in [0.1, 0.15) is 30.6 Å². The number of rotatable bonds is 7. The molecule has 1 aromatic carbocycles. The van der Waals surface area contributed by atoms with Crippen LogP contribution in [0.3, 0.4) is 0 Å². The van der Waals surface area contributed by atoms with Crippen molar-refractivity contribution in [2.24, 2.45) is 0 Å². The third-order valence-corrected chi connectivity index (χ3v) is 2.82. The minimum absolute atomic E-state index is 0.0685. The van der Waals surface area contributed by atoms with Crippen molar-refractivity contribution in [3.63, 3.8) is 0 Å². The SMILES string of the molecule is CCOc1c(N)cccc1C(=O)N(CC)CCCO. The Hall–Kier alpha value is -1.75. The first-order chi connectivity index (χ1) is 9.15. The van der Waals surface area contributed by atoms with Crippen LogP contribution in [0.5, 0.6) is 5.75 Å². The van der Waals surface area contributed by atoms with Crippen LogP contribution in [-0.4, -0.2) is 42.2 Å². The van der Waals surface area contributed by atoms with E-state index in [0.29, 0.717) is 43.1 Å². The Kier molecular flexibility index (Phi) is 6.15. The molecule has 5 heteroatoms. The number of para-hydroxylation sites is 1. The van der Waals surface area contributed by atoms with Gasteiger partial charge in [-0.25, -0.2) is 0 Å². The van der Waals surface area contributed by atoms with Crippen LogP contribution in [0.2, 0.25) is 0 Å². The fourth-order valence-electron chi connectivity index (χ4n) is 1.86. The zero-order chi connectivity index (χ0) is 14.3. The number of anilines is 1. The summed E-state index contributed by atoms with van der Waals surface area (Å²) in [6.45, 7) is 5.38. The quantitative estimate of drug-likeness (QED) is 0.734. The van der Waals surface area contributed by atoms with Crippen LogP contribution >= 0.6 is 0 Å². The van der Waals surface area contributed by atoms with Gasteiger partial charge in [0.1, 0.15) is 0 Å². The summed E-state index contributed by atoms with van der Waals surface area (Å²) in [4.78, 5) is 14.1. The Morgan fingerprint density at radius 3 is 2.74 bits per heavy atom. The normalized spacial score (nSPS) is 10.3. The highest BCUT2D eigenvalue weighted by atomic mass is 16.5. The molecule has 3 N–H and O–H groups in total. The average Bonchev–Trinajstić information content (AvgIpc) is 2.42. The van der Waals surface area contributed by atoms with Crippen LogP contribution in [0.4, 0.5) is 5.69 Å². The van der Waals surface area contributed by atoms with Crippen molar-refractivity contribution in [1.82, 2.24) is 4.90 Å². The third kappa shape index (κ3) is 3.86. The summed E-state index contributed by atoms with van der Waals surface area (Å²) in [6.07, 6.45) is 0.561. The Morgan fingerprint density at radius 1 is 1.42 bits per heavy atom. The van der Waals surface area contributed by atoms with Crippen molar-refractivity contribution >= 4 is 11.6 Å². The van der Waals surface area contributed by atoms with E-state index in [1.54, 1.807) is 23.1 Å². The maximum atomic E-state index is 12.4. The molecular formula is C14H22N2O3. The standard InChI is InChI=1S/C14H22N2O3/c1-3-16(9-6-10-17)14(18)11-7-5-8-12(15)13(11)19-4-2/h5,7-8,17H,3-4,6,9-10,15H2,1-2H3. The highest BCUT2D eigenvalue weighted by Gasteiger charge is 2.19. The summed E-state index contributed by atoms with van der Waals surface area (Å²) in [7, 11) is 0. The van der Waals surface area contributed by atoms with Gasteiger partial charge < -0.3 is 20.5 Å². The number of aliphatic hydroxyl groups is 1. The lowest BCUT2D eigenvalue weighted by Gasteiger charge is -2.22. The predicted octanol–water partition coefficient (Wildman–Crippen LogP) is 1.51. The second-order valence-electron chi connectivity index (χ2n) is 4.12. The van der Waals surface area contributed by atoms with Crippen LogP contribution in [-0.2, 0) is 0 Å². The Bertz CT molecular complexity index is 421. The molecule has 0 saturated heterocycles. The van der Waals surface area contributed by atoms with E-state index in [2.05, 4.69) is 0 Å². The number of carbonyl (C=O) groups excluding carboxylic acids is 1. The summed E-state index contributed by atoms with van der Waals surface area (Å²) in [6, 6.07) is 5.17. The van der Waals surface area contributed by atoms with Crippen LogP contribution < -0.4 is 10.5 Å². The molecule has 0 bridgehead atoms. The number of aliphatic hydroxyl groups excluding tert-OH is 1. The molecule has 0 unspecified atom stereocenters. The fourth-order valence-corrected chi connectivity index (χ4v) is 1.86. The lowest BCUT2D eigenvalue weighted by Crippen LogP contribution is -2.32. The van der Waals surface area contributed by atoms with Gasteiger partial charge in [0.2, 0.25) is 0 Å². The number of hydrogen-bond acceptors (Lipinski definition) is 4. The zero-order valence-corrected chi connectivity index (χ0v) is 11.6. The highest BCUT2D eigenvalue weighted by molar-refractivity contribution is 5.98. The molecule has 0 aliphatic heterocycles. The first-order valence-corrected chi connectivity index (χ1v) is 6.57. The first kappa shape index (κ1) is 15.3. The number of ether oxygens (including phenoxy) is 1. The maximum absolute atomic E-state index is 12.4. The zero-order valence-electron chi connectivity index (χ0n) is 11.6. The number of amides is 1. The van der Waals surface area contributed by atoms with E-state index in [4.69, 9.17) is 15.6 Å². The molecular weight excluding hydrogens is 244 g/mol. The number of nitrogen functional groups attached to an aromatic ring is 1. The molecule has 0 fully saturated rings. The predicted molar refractivity (Wildman–Crippen MR) is 75.3 cm³/mol. The van der Waals surface area contributed by atoms with Crippen LogP contribution in [0.15, 0.2) is 18.2 Å². The van der Waals surface area contributed by atoms with E-state index in [0.717, 1.165) is 0 Å². The number of carbonyl (C=O) groups is 1. The summed E-state index contributed by atoms with van der Waals surface area (Å²) in [5.41, 5.74) is 6.79. The monoisotopic (exact) mass is 266 g/mol. The molecule has 0 radical (unpaired) electrons. The van der Waals surface area contributed by atoms with Gasteiger partial charge in [0.25, 0.3) is 5.91 Å². The minimum Gasteiger partial charge on any atom is -0.491 e. The largest absolute Gasteiger partial charge is 0.491 e. The van der Waals surface area contributed by atoms with Crippen molar-refractivity contribution in [3.8, 4) is 5.75 Å². The van der Waals surface area contributed by atoms with E-state index in [1.807, 2.05) is 13.8 Å². The van der Waals surface area contributed by atoms with Gasteiger partial charge in [-0.1, -0.05) is 6.07 Å². The Labute approximate surface area is 114 Å². The second kappa shape index (κ2) is 7.63. The molecule has 19 heavy (non-hydrogen) atoms. The van der Waals surface area contributed by atoms with Gasteiger partial charge in [0.15, 0.2) is 5.75 Å². The van der Waals surface area contributed by atoms with Crippen molar-refractivity contribution < 1.29 is 14.6 Å². The van der Waals surface area contributed by atoms with Crippen LogP contribution in [0, 0.1) is 0 Å². The molecule has 1 amide bonds. The average molecular weight is 266 g/mol. The molecule has 0 aliphatic carbocycles. The van der Waals surface area contributed by atoms with E-state index >= 15 is 0 Å². The second-order valence-corrected chi connectivity index (χ2v) is 4.12. The van der Waals surface area contributed by atoms with Gasteiger partial charge in [-0.2, -0.15) is 0 Å². The molecule has 0 atom stereocenters. The molecule has 0 heterocycles. The Morgan fingerprint density at radius 2 is 2.16 bits per heavy atom. The maximum Gasteiger partial charge on any atom is 0.257 e. The van der Waals surface area contributed by atoms with E-state index in [9.17, 15) is 4.79 Å². The molecule has 0 aromatic heterocycles. The van der Waals surface area contributed by atoms with Crippen molar-refractivity contribution in [1.29, 1.82) is 0 Å². The van der Waals surface area contributed by atoms with Crippen molar-refractivity contribution in [3.05, 3.63) is 23.8 Å². The number of nitrogens with zero attached hydrogens (tertiary/aromatic N) is 1. The van der Waals surface area contributed by atoms with Gasteiger partial charge in [0.05, 0.1) is 17.9 Å². The van der Waals surface area contributed by atoms with Gasteiger partial charge in [-0.15, -0.1) is 0 Å². The van der Waals surface area contributed by atoms with E-state index in [-0.39, 0.29) is 12.5 Å². The topological polar surface area (TPSA) is 75.8 Å². The van der Waals surface area contributed by atoms with Gasteiger partial charge in [-0.05, 0) is 32.4 Å². The number of nitrogens with two attached hydrogens (primary N) is 1. The smallest absolute Gasteiger partial charge is 0.257 e. The lowest BCUT2D eigenvalue weighted by molar-refractivity contribution is 0.0750. The molecule has 0 spiro atoms. The lowest BCUT2D eigenvalue weighted by atomic mass is 10.1. The third-order valence-electron chi connectivity index (χ3n) is 2.82. The molecule has 0 aliphatic rings. The molecule has 1 aromatic rings. The van der Waals surface area contributed by atoms with E-state index < -0.39 is 0 Å². The van der Waals surface area contributed by atoms with E-state index in [1.165, 1.54) is 0 Å². The summed E-state index contributed by atoms with van der Waals surface area (Å²) < 4.78 is 5.47. The number of hydrogen-bond donors (Lipinski definition) is 2. The molecule has 1 rings (SSSR count). The fraction of sp³-hybridized carbons (Fsp3) is 0.500. The van der Waals surface area contributed by atoms with Gasteiger partial charge in [0, 0.05) is 19.7 Å². The summed E-state index contributed by atoms with van der Waals surface area (Å²) in [5, 5.41) is 8.86. The Balaban J connectivity index is 3.00. The van der Waals surface area contributed by atoms with Crippen molar-refractivity contribution in [2.75, 3.05) is 32.0 Å².